The molecule has 1 N–H and O–H groups in total. The highest BCUT2D eigenvalue weighted by atomic mass is 79.9. The van der Waals surface area contributed by atoms with Gasteiger partial charge < -0.3 is 4.74 Å². The highest BCUT2D eigenvalue weighted by Gasteiger charge is 2.16. The molecule has 0 saturated carbocycles. The number of carbonyl (C=O) groups is 1. The number of carbonyl (C=O) groups excluding carboxylic acids is 1. The second-order valence-electron chi connectivity index (χ2n) is 4.70. The number of rotatable bonds is 2. The van der Waals surface area contributed by atoms with E-state index in [1.807, 2.05) is 33.8 Å². The quantitative estimate of drug-likeness (QED) is 0.849. The molecular weight excluding hydrogens is 284 g/mol. The van der Waals surface area contributed by atoms with Gasteiger partial charge in [0.2, 0.25) is 0 Å². The fourth-order valence-electron chi connectivity index (χ4n) is 1.21. The second kappa shape index (κ2) is 5.49. The number of nitrogens with zero attached hydrogens (tertiary/aromatic N) is 1. The molecule has 4 nitrogen and oxygen atoms in total. The zero-order valence-electron chi connectivity index (χ0n) is 10.5. The summed E-state index contributed by atoms with van der Waals surface area (Å²) in [6.45, 7) is 7.36. The van der Waals surface area contributed by atoms with Gasteiger partial charge in [0.05, 0.1) is 0 Å². The molecule has 0 saturated heterocycles. The van der Waals surface area contributed by atoms with Crippen molar-refractivity contribution in [3.8, 4) is 0 Å². The first-order chi connectivity index (χ1) is 7.81. The van der Waals surface area contributed by atoms with Gasteiger partial charge in [-0.25, -0.2) is 9.78 Å². The van der Waals surface area contributed by atoms with Gasteiger partial charge in [-0.3, -0.25) is 5.32 Å². The van der Waals surface area contributed by atoms with E-state index in [-0.39, 0.29) is 0 Å². The second-order valence-corrected chi connectivity index (χ2v) is 5.26. The molecular formula is C12H17BrN2O2. The van der Waals surface area contributed by atoms with E-state index in [4.69, 9.17) is 4.74 Å². The summed E-state index contributed by atoms with van der Waals surface area (Å²) in [5.41, 5.74) is 1.48. The summed E-state index contributed by atoms with van der Waals surface area (Å²) in [4.78, 5) is 15.8. The van der Waals surface area contributed by atoms with Crippen LogP contribution in [0.5, 0.6) is 0 Å². The summed E-state index contributed by atoms with van der Waals surface area (Å²) in [6.07, 6.45) is -0.490. The lowest BCUT2D eigenvalue weighted by Gasteiger charge is -2.19. The number of aromatic nitrogens is 1. The lowest BCUT2D eigenvalue weighted by atomic mass is 10.2. The zero-order valence-corrected chi connectivity index (χ0v) is 12.1. The van der Waals surface area contributed by atoms with E-state index >= 15 is 0 Å². The molecule has 17 heavy (non-hydrogen) atoms. The molecule has 0 aromatic carbocycles. The van der Waals surface area contributed by atoms with Crippen molar-refractivity contribution in [2.24, 2.45) is 0 Å². The number of hydrogen-bond donors (Lipinski definition) is 1. The predicted molar refractivity (Wildman–Crippen MR) is 71.5 cm³/mol. The summed E-state index contributed by atoms with van der Waals surface area (Å²) in [7, 11) is 0. The molecule has 0 aliphatic rings. The number of ether oxygens (including phenoxy) is 1. The Labute approximate surface area is 110 Å². The minimum atomic E-state index is -0.505. The Kier molecular flexibility index (Phi) is 4.51. The molecule has 0 radical (unpaired) electrons. The predicted octanol–water partition coefficient (Wildman–Crippen LogP) is 3.63. The van der Waals surface area contributed by atoms with Crippen LogP contribution < -0.4 is 5.32 Å². The maximum atomic E-state index is 11.5. The van der Waals surface area contributed by atoms with E-state index in [0.717, 1.165) is 16.6 Å². The number of hydrogen-bond acceptors (Lipinski definition) is 3. The average Bonchev–Trinajstić information content (AvgIpc) is 2.14. The van der Waals surface area contributed by atoms with Gasteiger partial charge in [-0.1, -0.05) is 22.0 Å². The third-order valence-corrected chi connectivity index (χ3v) is 2.57. The fraction of sp³-hybridized carbons (Fsp3) is 0.500. The molecule has 1 aromatic rings. The fourth-order valence-corrected chi connectivity index (χ4v) is 1.80. The highest BCUT2D eigenvalue weighted by molar-refractivity contribution is 9.08. The Morgan fingerprint density at radius 1 is 1.47 bits per heavy atom. The van der Waals surface area contributed by atoms with Gasteiger partial charge in [0.25, 0.3) is 0 Å². The van der Waals surface area contributed by atoms with Crippen molar-refractivity contribution in [1.29, 1.82) is 0 Å². The monoisotopic (exact) mass is 300 g/mol. The molecule has 94 valence electrons. The van der Waals surface area contributed by atoms with Gasteiger partial charge in [-0.15, -0.1) is 0 Å². The summed E-state index contributed by atoms with van der Waals surface area (Å²) in [5.74, 6) is 0.501. The van der Waals surface area contributed by atoms with Gasteiger partial charge >= 0.3 is 6.09 Å². The van der Waals surface area contributed by atoms with Crippen molar-refractivity contribution in [3.05, 3.63) is 23.4 Å². The van der Waals surface area contributed by atoms with E-state index < -0.39 is 11.7 Å². The van der Waals surface area contributed by atoms with Gasteiger partial charge in [0, 0.05) is 11.0 Å². The number of nitrogens with one attached hydrogen (secondary N) is 1. The van der Waals surface area contributed by atoms with Gasteiger partial charge in [-0.2, -0.15) is 0 Å². The summed E-state index contributed by atoms with van der Waals surface area (Å²) >= 11 is 3.37. The van der Waals surface area contributed by atoms with Crippen molar-refractivity contribution in [3.63, 3.8) is 0 Å². The maximum Gasteiger partial charge on any atom is 0.413 e. The van der Waals surface area contributed by atoms with E-state index in [1.54, 1.807) is 6.07 Å². The van der Waals surface area contributed by atoms with Crippen LogP contribution in [0.1, 0.15) is 32.0 Å². The van der Waals surface area contributed by atoms with Crippen LogP contribution in [0.3, 0.4) is 0 Å². The molecule has 0 bridgehead atoms. The molecule has 1 rings (SSSR count). The molecule has 0 fully saturated rings. The number of anilines is 1. The summed E-state index contributed by atoms with van der Waals surface area (Å²) in [6, 6.07) is 3.68. The van der Waals surface area contributed by atoms with Crippen LogP contribution in [0, 0.1) is 6.92 Å². The van der Waals surface area contributed by atoms with Crippen molar-refractivity contribution in [2.75, 3.05) is 5.32 Å². The van der Waals surface area contributed by atoms with Crippen LogP contribution >= 0.6 is 15.9 Å². The van der Waals surface area contributed by atoms with Crippen LogP contribution in [-0.2, 0) is 10.1 Å². The lowest BCUT2D eigenvalue weighted by Crippen LogP contribution is -2.27. The number of halogens is 1. The molecule has 1 amide bonds. The zero-order chi connectivity index (χ0) is 13.1. The molecule has 0 unspecified atom stereocenters. The van der Waals surface area contributed by atoms with E-state index in [1.165, 1.54) is 0 Å². The van der Waals surface area contributed by atoms with E-state index in [9.17, 15) is 4.79 Å². The van der Waals surface area contributed by atoms with Crippen LogP contribution in [0.15, 0.2) is 12.1 Å². The molecule has 0 spiro atoms. The number of alkyl halides is 1. The third kappa shape index (κ3) is 4.73. The molecule has 1 aromatic heterocycles. The van der Waals surface area contributed by atoms with Crippen molar-refractivity contribution in [1.82, 2.24) is 4.98 Å². The standard InChI is InChI=1S/C12H17BrN2O2/c1-8-9(7-13)5-6-10(14-8)15-11(16)17-12(2,3)4/h5-6H,7H2,1-4H3,(H,14,15,16). The number of aryl methyl sites for hydroxylation is 1. The van der Waals surface area contributed by atoms with Crippen molar-refractivity contribution < 1.29 is 9.53 Å². The van der Waals surface area contributed by atoms with Crippen LogP contribution in [0.2, 0.25) is 0 Å². The largest absolute Gasteiger partial charge is 0.444 e. The molecule has 5 heteroatoms. The molecule has 0 aliphatic heterocycles. The molecule has 1 heterocycles. The van der Waals surface area contributed by atoms with Crippen molar-refractivity contribution in [2.45, 2.75) is 38.6 Å². The minimum Gasteiger partial charge on any atom is -0.444 e. The minimum absolute atomic E-state index is 0.490. The topological polar surface area (TPSA) is 51.2 Å². The van der Waals surface area contributed by atoms with Crippen LogP contribution in [0.25, 0.3) is 0 Å². The first kappa shape index (κ1) is 14.0. The highest BCUT2D eigenvalue weighted by Crippen LogP contribution is 2.14. The first-order valence-electron chi connectivity index (χ1n) is 5.34. The normalized spacial score (nSPS) is 11.1. The Morgan fingerprint density at radius 3 is 2.59 bits per heavy atom. The van der Waals surface area contributed by atoms with Crippen molar-refractivity contribution >= 4 is 27.8 Å². The lowest BCUT2D eigenvalue weighted by molar-refractivity contribution is 0.0635. The Bertz CT molecular complexity index is 413. The number of amides is 1. The van der Waals surface area contributed by atoms with Gasteiger partial charge in [0.15, 0.2) is 0 Å². The van der Waals surface area contributed by atoms with Gasteiger partial charge in [-0.05, 0) is 39.3 Å². The third-order valence-electron chi connectivity index (χ3n) is 1.97. The van der Waals surface area contributed by atoms with Crippen LogP contribution in [0.4, 0.5) is 10.6 Å². The molecule has 0 atom stereocenters. The SMILES string of the molecule is Cc1nc(NC(=O)OC(C)(C)C)ccc1CBr. The smallest absolute Gasteiger partial charge is 0.413 e. The van der Waals surface area contributed by atoms with E-state index in [2.05, 4.69) is 26.2 Å². The Balaban J connectivity index is 2.69. The Morgan fingerprint density at radius 2 is 2.12 bits per heavy atom. The number of pyridine rings is 1. The Hall–Kier alpha value is -1.10. The molecule has 0 aliphatic carbocycles. The van der Waals surface area contributed by atoms with Crippen LogP contribution in [-0.4, -0.2) is 16.7 Å². The van der Waals surface area contributed by atoms with Gasteiger partial charge in [0.1, 0.15) is 11.4 Å². The maximum absolute atomic E-state index is 11.5. The summed E-state index contributed by atoms with van der Waals surface area (Å²) in [5, 5.41) is 3.35. The average molecular weight is 301 g/mol. The first-order valence-corrected chi connectivity index (χ1v) is 6.46. The van der Waals surface area contributed by atoms with E-state index in [0.29, 0.717) is 5.82 Å². The summed E-state index contributed by atoms with van der Waals surface area (Å²) < 4.78 is 5.14.